The first-order valence-electron chi connectivity index (χ1n) is 9.03. The number of carbonyl (C=O) groups is 1. The number of nitrogens with one attached hydrogen (secondary N) is 3. The number of phenols is 1. The molecular weight excluding hydrogens is 423 g/mol. The fourth-order valence-electron chi connectivity index (χ4n) is 2.94. The number of phenolic OH excluding ortho intramolecular Hbond substituents is 1. The zero-order valence-electron chi connectivity index (χ0n) is 16.0. The van der Waals surface area contributed by atoms with Gasteiger partial charge in [-0.1, -0.05) is 23.7 Å². The lowest BCUT2D eigenvalue weighted by Gasteiger charge is -2.16. The van der Waals surface area contributed by atoms with Crippen molar-refractivity contribution in [3.63, 3.8) is 0 Å². The Balaban J connectivity index is 1.86. The van der Waals surface area contributed by atoms with Gasteiger partial charge in [-0.3, -0.25) is 15.5 Å². The second-order valence-electron chi connectivity index (χ2n) is 6.66. The molecule has 31 heavy (non-hydrogen) atoms. The smallest absolute Gasteiger partial charge is 0.262 e. The maximum atomic E-state index is 14.0. The topological polar surface area (TPSA) is 134 Å². The summed E-state index contributed by atoms with van der Waals surface area (Å²) in [6.07, 6.45) is 6.20. The number of hydrogen-bond donors (Lipinski definition) is 4. The summed E-state index contributed by atoms with van der Waals surface area (Å²) in [5.41, 5.74) is -1.02. The zero-order valence-corrected chi connectivity index (χ0v) is 16.8. The summed E-state index contributed by atoms with van der Waals surface area (Å²) in [5, 5.41) is 40.3. The predicted octanol–water partition coefficient (Wildman–Crippen LogP) is 3.55. The van der Waals surface area contributed by atoms with Gasteiger partial charge in [-0.25, -0.2) is 4.39 Å². The number of amides is 1. The Morgan fingerprint density at radius 1 is 1.35 bits per heavy atom. The van der Waals surface area contributed by atoms with Crippen LogP contribution in [0.3, 0.4) is 0 Å². The van der Waals surface area contributed by atoms with E-state index < -0.39 is 23.1 Å². The van der Waals surface area contributed by atoms with Crippen LogP contribution in [0.25, 0.3) is 11.1 Å². The van der Waals surface area contributed by atoms with Gasteiger partial charge in [-0.05, 0) is 18.2 Å². The average Bonchev–Trinajstić information content (AvgIpc) is 3.52. The Morgan fingerprint density at radius 2 is 2.10 bits per heavy atom. The Morgan fingerprint density at radius 3 is 2.74 bits per heavy atom. The van der Waals surface area contributed by atoms with E-state index in [0.29, 0.717) is 12.8 Å². The van der Waals surface area contributed by atoms with Crippen LogP contribution in [0.5, 0.6) is 5.75 Å². The van der Waals surface area contributed by atoms with Crippen LogP contribution in [0.2, 0.25) is 5.02 Å². The molecule has 0 atom stereocenters. The van der Waals surface area contributed by atoms with Gasteiger partial charge in [0.05, 0.1) is 28.8 Å². The first-order chi connectivity index (χ1) is 14.8. The molecule has 0 unspecified atom stereocenters. The summed E-state index contributed by atoms with van der Waals surface area (Å²) in [5.74, 6) is 0.0210. The van der Waals surface area contributed by atoms with Crippen molar-refractivity contribution in [3.8, 4) is 35.3 Å². The quantitative estimate of drug-likeness (QED) is 0.311. The number of rotatable bonds is 6. The molecule has 8 nitrogen and oxygen atoms in total. The fraction of sp³-hybridized carbons (Fsp3) is 0.190. The van der Waals surface area contributed by atoms with E-state index in [1.807, 2.05) is 6.07 Å². The van der Waals surface area contributed by atoms with Crippen molar-refractivity contribution >= 4 is 23.5 Å². The molecule has 2 aromatic carbocycles. The van der Waals surface area contributed by atoms with Crippen molar-refractivity contribution in [2.24, 2.45) is 10.2 Å². The first-order valence-corrected chi connectivity index (χ1v) is 9.41. The minimum Gasteiger partial charge on any atom is -0.507 e. The molecule has 0 saturated carbocycles. The van der Waals surface area contributed by atoms with Crippen molar-refractivity contribution in [1.82, 2.24) is 10.6 Å². The van der Waals surface area contributed by atoms with Crippen LogP contribution >= 0.6 is 11.6 Å². The third kappa shape index (κ3) is 4.63. The lowest BCUT2D eigenvalue weighted by molar-refractivity contribution is 0.0973. The number of benzene rings is 2. The van der Waals surface area contributed by atoms with E-state index in [2.05, 4.69) is 26.8 Å². The molecule has 0 radical (unpaired) electrons. The summed E-state index contributed by atoms with van der Waals surface area (Å²) in [6, 6.07) is 8.28. The lowest BCUT2D eigenvalue weighted by Crippen LogP contribution is -2.44. The maximum absolute atomic E-state index is 14.0. The minimum absolute atomic E-state index is 0.00115. The number of terminal acetylenes is 1. The van der Waals surface area contributed by atoms with Crippen LogP contribution in [-0.4, -0.2) is 29.2 Å². The van der Waals surface area contributed by atoms with Crippen LogP contribution in [0, 0.1) is 34.9 Å². The van der Waals surface area contributed by atoms with Gasteiger partial charge in [0.1, 0.15) is 11.6 Å². The number of aromatic hydroxyl groups is 1. The summed E-state index contributed by atoms with van der Waals surface area (Å²) >= 11 is 6.05. The molecule has 1 aliphatic rings. The monoisotopic (exact) mass is 438 g/mol. The second kappa shape index (κ2) is 8.82. The van der Waals surface area contributed by atoms with Crippen LogP contribution in [0.15, 0.2) is 40.6 Å². The van der Waals surface area contributed by atoms with E-state index >= 15 is 0 Å². The van der Waals surface area contributed by atoms with Crippen LogP contribution in [0.1, 0.15) is 28.8 Å². The molecule has 3 rings (SSSR count). The van der Waals surface area contributed by atoms with Crippen LogP contribution in [-0.2, 0) is 0 Å². The van der Waals surface area contributed by atoms with Gasteiger partial charge in [0.2, 0.25) is 5.66 Å². The molecule has 0 bridgehead atoms. The van der Waals surface area contributed by atoms with E-state index in [-0.39, 0.29) is 39.8 Å². The SMILES string of the molecule is C#CCCC1(CNC(=N)NC(=O)c2c(O)ccc(C#N)c2-c2cccc(F)c2Cl)N=N1. The Kier molecular flexibility index (Phi) is 6.19. The fourth-order valence-corrected chi connectivity index (χ4v) is 3.16. The molecule has 1 aliphatic heterocycles. The lowest BCUT2D eigenvalue weighted by atomic mass is 9.93. The molecule has 10 heteroatoms. The normalized spacial score (nSPS) is 13.0. The number of halogens is 2. The molecule has 156 valence electrons. The van der Waals surface area contributed by atoms with Crippen molar-refractivity contribution in [2.45, 2.75) is 18.5 Å². The van der Waals surface area contributed by atoms with Gasteiger partial charge in [0.15, 0.2) is 5.96 Å². The third-order valence-electron chi connectivity index (χ3n) is 4.59. The van der Waals surface area contributed by atoms with Gasteiger partial charge in [-0.2, -0.15) is 15.5 Å². The largest absolute Gasteiger partial charge is 0.507 e. The van der Waals surface area contributed by atoms with E-state index in [0.717, 1.165) is 12.1 Å². The van der Waals surface area contributed by atoms with Crippen LogP contribution in [0.4, 0.5) is 4.39 Å². The van der Waals surface area contributed by atoms with Crippen molar-refractivity contribution in [2.75, 3.05) is 6.54 Å². The average molecular weight is 439 g/mol. The van der Waals surface area contributed by atoms with Gasteiger partial charge in [-0.15, -0.1) is 12.3 Å². The van der Waals surface area contributed by atoms with Crippen molar-refractivity contribution in [3.05, 3.63) is 52.3 Å². The van der Waals surface area contributed by atoms with E-state index in [4.69, 9.17) is 23.4 Å². The van der Waals surface area contributed by atoms with Gasteiger partial charge in [0, 0.05) is 24.0 Å². The highest BCUT2D eigenvalue weighted by Crippen LogP contribution is 2.38. The maximum Gasteiger partial charge on any atom is 0.262 e. The molecule has 0 saturated heterocycles. The predicted molar refractivity (Wildman–Crippen MR) is 112 cm³/mol. The number of guanidine groups is 1. The van der Waals surface area contributed by atoms with E-state index in [1.165, 1.54) is 18.2 Å². The number of nitrogens with zero attached hydrogens (tertiary/aromatic N) is 3. The Labute approximate surface area is 182 Å². The number of hydrogen-bond acceptors (Lipinski definition) is 6. The third-order valence-corrected chi connectivity index (χ3v) is 4.98. The van der Waals surface area contributed by atoms with E-state index in [1.54, 1.807) is 0 Å². The summed E-state index contributed by atoms with van der Waals surface area (Å²) in [6.45, 7) is 0.153. The van der Waals surface area contributed by atoms with Crippen molar-refractivity contribution < 1.29 is 14.3 Å². The van der Waals surface area contributed by atoms with Gasteiger partial charge < -0.3 is 10.4 Å². The summed E-state index contributed by atoms with van der Waals surface area (Å²) in [7, 11) is 0. The standard InChI is InChI=1S/C21H16ClFN6O2/c1-2-3-9-21(28-29-21)11-26-20(25)27-19(31)17-15(30)8-7-12(10-24)16(17)13-5-4-6-14(23)18(13)22/h1,4-8,30H,3,9,11H2,(H3,25,26,27,31). The van der Waals surface area contributed by atoms with Gasteiger partial charge in [0.25, 0.3) is 5.91 Å². The molecule has 4 N–H and O–H groups in total. The van der Waals surface area contributed by atoms with Gasteiger partial charge >= 0.3 is 0 Å². The molecular formula is C21H16ClFN6O2. The molecule has 0 aromatic heterocycles. The van der Waals surface area contributed by atoms with Crippen molar-refractivity contribution in [1.29, 1.82) is 10.7 Å². The molecule has 0 fully saturated rings. The molecule has 0 aliphatic carbocycles. The molecule has 0 spiro atoms. The van der Waals surface area contributed by atoms with E-state index in [9.17, 15) is 19.6 Å². The highest BCUT2D eigenvalue weighted by Gasteiger charge is 2.39. The minimum atomic E-state index is -0.884. The summed E-state index contributed by atoms with van der Waals surface area (Å²) < 4.78 is 14.0. The number of nitriles is 1. The molecule has 2 aromatic rings. The number of carbonyl (C=O) groups excluding carboxylic acids is 1. The molecule has 1 heterocycles. The Hall–Kier alpha value is -3.95. The van der Waals surface area contributed by atoms with Crippen LogP contribution < -0.4 is 10.6 Å². The highest BCUT2D eigenvalue weighted by atomic mass is 35.5. The first kappa shape index (κ1) is 21.8. The molecule has 1 amide bonds. The second-order valence-corrected chi connectivity index (χ2v) is 7.04. The zero-order chi connectivity index (χ0) is 22.6. The highest BCUT2D eigenvalue weighted by molar-refractivity contribution is 6.34. The Bertz CT molecular complexity index is 1180. The summed E-state index contributed by atoms with van der Waals surface area (Å²) in [4.78, 5) is 12.9.